The van der Waals surface area contributed by atoms with Crippen LogP contribution in [0.2, 0.25) is 5.02 Å². The van der Waals surface area contributed by atoms with Crippen molar-refractivity contribution < 1.29 is 13.9 Å². The molecule has 176 valence electrons. The summed E-state index contributed by atoms with van der Waals surface area (Å²) in [5.41, 5.74) is 3.44. The fraction of sp³-hybridized carbons (Fsp3) is 0.154. The zero-order valence-corrected chi connectivity index (χ0v) is 22.1. The SMILES string of the molecule is CC.Cc1ccc(Nc2c(F)cccc2Cl)c(CC(=O)Oc2ccc(-c3cc(=S)ss3)cc2)c1. The Morgan fingerprint density at radius 1 is 1.06 bits per heavy atom. The Labute approximate surface area is 216 Å². The summed E-state index contributed by atoms with van der Waals surface area (Å²) in [4.78, 5) is 13.7. The maximum Gasteiger partial charge on any atom is 0.315 e. The highest BCUT2D eigenvalue weighted by Crippen LogP contribution is 2.32. The van der Waals surface area contributed by atoms with E-state index in [2.05, 4.69) is 5.32 Å². The summed E-state index contributed by atoms with van der Waals surface area (Å²) in [6.45, 7) is 5.92. The van der Waals surface area contributed by atoms with Gasteiger partial charge in [0.05, 0.1) is 17.1 Å². The van der Waals surface area contributed by atoms with Gasteiger partial charge in [-0.25, -0.2) is 4.39 Å². The fourth-order valence-electron chi connectivity index (χ4n) is 3.13. The molecule has 0 aliphatic rings. The van der Waals surface area contributed by atoms with E-state index in [4.69, 9.17) is 28.6 Å². The van der Waals surface area contributed by atoms with Gasteiger partial charge in [0.1, 0.15) is 15.4 Å². The third-order valence-corrected chi connectivity index (χ3v) is 7.88. The lowest BCUT2D eigenvalue weighted by molar-refractivity contribution is -0.133. The first kappa shape index (κ1) is 26.0. The zero-order valence-electron chi connectivity index (χ0n) is 18.9. The second-order valence-electron chi connectivity index (χ2n) is 7.05. The van der Waals surface area contributed by atoms with Crippen molar-refractivity contribution in [3.8, 4) is 16.2 Å². The molecule has 0 atom stereocenters. The predicted molar refractivity (Wildman–Crippen MR) is 145 cm³/mol. The van der Waals surface area contributed by atoms with Crippen molar-refractivity contribution in [3.05, 3.63) is 92.5 Å². The molecular formula is C26H23ClFNO2S3. The summed E-state index contributed by atoms with van der Waals surface area (Å²) < 4.78 is 20.6. The molecule has 4 rings (SSSR count). The van der Waals surface area contributed by atoms with Crippen LogP contribution in [0.3, 0.4) is 0 Å². The van der Waals surface area contributed by atoms with Crippen LogP contribution in [0.15, 0.2) is 66.7 Å². The summed E-state index contributed by atoms with van der Waals surface area (Å²) in [6, 6.07) is 19.3. The second-order valence-corrected chi connectivity index (χ2v) is 10.4. The first-order valence-corrected chi connectivity index (χ1v) is 13.5. The average Bonchev–Trinajstić information content (AvgIpc) is 3.26. The number of ether oxygens (including phenoxy) is 1. The van der Waals surface area contributed by atoms with E-state index in [1.807, 2.05) is 51.1 Å². The van der Waals surface area contributed by atoms with E-state index >= 15 is 0 Å². The van der Waals surface area contributed by atoms with E-state index in [1.165, 1.54) is 12.1 Å². The molecule has 8 heteroatoms. The molecule has 1 heterocycles. The molecule has 1 aromatic heterocycles. The first-order valence-electron chi connectivity index (χ1n) is 10.6. The van der Waals surface area contributed by atoms with Crippen LogP contribution in [-0.2, 0) is 11.2 Å². The average molecular weight is 532 g/mol. The van der Waals surface area contributed by atoms with Crippen LogP contribution >= 0.6 is 44.5 Å². The molecule has 0 saturated heterocycles. The molecular weight excluding hydrogens is 509 g/mol. The van der Waals surface area contributed by atoms with Gasteiger partial charge in [-0.3, -0.25) is 4.79 Å². The Kier molecular flexibility index (Phi) is 9.36. The summed E-state index contributed by atoms with van der Waals surface area (Å²) in [6.07, 6.45) is 0.0176. The number of para-hydroxylation sites is 1. The number of esters is 1. The van der Waals surface area contributed by atoms with Crippen LogP contribution in [0.1, 0.15) is 25.0 Å². The number of carbonyl (C=O) groups is 1. The van der Waals surface area contributed by atoms with Gasteiger partial charge in [0.25, 0.3) is 0 Å². The summed E-state index contributed by atoms with van der Waals surface area (Å²) in [5, 5.41) is 3.27. The number of anilines is 2. The molecule has 0 radical (unpaired) electrons. The zero-order chi connectivity index (χ0) is 24.7. The summed E-state index contributed by atoms with van der Waals surface area (Å²) in [7, 11) is 3.17. The standard InChI is InChI=1S/C24H17ClFNO2S3.C2H6/c1-14-5-10-20(27-24-18(25)3-2-4-19(24)26)16(11-14)12-22(28)29-17-8-6-15(7-9-17)21-13-23(30)32-31-21;1-2/h2-11,13,27H,12H2,1H3;1-2H3. The van der Waals surface area contributed by atoms with E-state index < -0.39 is 11.8 Å². The maximum atomic E-state index is 14.2. The molecule has 0 fully saturated rings. The summed E-state index contributed by atoms with van der Waals surface area (Å²) in [5.74, 6) is -0.435. The van der Waals surface area contributed by atoms with Crippen molar-refractivity contribution in [1.29, 1.82) is 0 Å². The number of halogens is 2. The Hall–Kier alpha value is -2.58. The van der Waals surface area contributed by atoms with Gasteiger partial charge in [-0.05, 0) is 66.6 Å². The monoisotopic (exact) mass is 531 g/mol. The van der Waals surface area contributed by atoms with Gasteiger partial charge < -0.3 is 10.1 Å². The minimum absolute atomic E-state index is 0.0176. The Bertz CT molecular complexity index is 1310. The van der Waals surface area contributed by atoms with Crippen LogP contribution in [-0.4, -0.2) is 5.97 Å². The number of hydrogen-bond donors (Lipinski definition) is 1. The molecule has 0 spiro atoms. The maximum absolute atomic E-state index is 14.2. The van der Waals surface area contributed by atoms with Crippen molar-refractivity contribution in [2.45, 2.75) is 27.2 Å². The lowest BCUT2D eigenvalue weighted by Gasteiger charge is -2.14. The highest BCUT2D eigenvalue weighted by atomic mass is 35.5. The highest BCUT2D eigenvalue weighted by molar-refractivity contribution is 7.80. The molecule has 0 unspecified atom stereocenters. The van der Waals surface area contributed by atoms with Crippen LogP contribution in [0.5, 0.6) is 5.75 Å². The molecule has 3 aromatic carbocycles. The van der Waals surface area contributed by atoms with Crippen molar-refractivity contribution in [3.63, 3.8) is 0 Å². The molecule has 0 amide bonds. The van der Waals surface area contributed by atoms with E-state index in [0.717, 1.165) is 19.8 Å². The van der Waals surface area contributed by atoms with Crippen molar-refractivity contribution >= 4 is 61.8 Å². The van der Waals surface area contributed by atoms with E-state index in [1.54, 1.807) is 44.9 Å². The fourth-order valence-corrected chi connectivity index (χ4v) is 5.74. The number of carbonyl (C=O) groups excluding carboxylic acids is 1. The first-order chi connectivity index (χ1) is 16.4. The number of aryl methyl sites for hydroxylation is 1. The predicted octanol–water partition coefficient (Wildman–Crippen LogP) is 9.22. The van der Waals surface area contributed by atoms with Gasteiger partial charge in [-0.15, -0.1) is 0 Å². The molecule has 0 saturated carbocycles. The van der Waals surface area contributed by atoms with Gasteiger partial charge in [-0.2, -0.15) is 0 Å². The van der Waals surface area contributed by atoms with Gasteiger partial charge in [-0.1, -0.05) is 82.1 Å². The van der Waals surface area contributed by atoms with Gasteiger partial charge >= 0.3 is 5.97 Å². The third-order valence-electron chi connectivity index (χ3n) is 4.65. The largest absolute Gasteiger partial charge is 0.426 e. The van der Waals surface area contributed by atoms with Crippen molar-refractivity contribution in [2.24, 2.45) is 0 Å². The molecule has 34 heavy (non-hydrogen) atoms. The van der Waals surface area contributed by atoms with Crippen molar-refractivity contribution in [1.82, 2.24) is 0 Å². The lowest BCUT2D eigenvalue weighted by atomic mass is 10.1. The smallest absolute Gasteiger partial charge is 0.315 e. The highest BCUT2D eigenvalue weighted by Gasteiger charge is 2.14. The Morgan fingerprint density at radius 3 is 2.44 bits per heavy atom. The van der Waals surface area contributed by atoms with E-state index in [9.17, 15) is 9.18 Å². The molecule has 1 N–H and O–H groups in total. The van der Waals surface area contributed by atoms with E-state index in [0.29, 0.717) is 17.0 Å². The lowest BCUT2D eigenvalue weighted by Crippen LogP contribution is -2.12. The van der Waals surface area contributed by atoms with Gasteiger partial charge in [0.2, 0.25) is 0 Å². The normalized spacial score (nSPS) is 10.3. The number of nitrogens with one attached hydrogen (secondary N) is 1. The topological polar surface area (TPSA) is 38.3 Å². The van der Waals surface area contributed by atoms with E-state index in [-0.39, 0.29) is 17.1 Å². The van der Waals surface area contributed by atoms with Gasteiger partial charge in [0, 0.05) is 10.6 Å². The van der Waals surface area contributed by atoms with Crippen LogP contribution < -0.4 is 10.1 Å². The van der Waals surface area contributed by atoms with Crippen molar-refractivity contribution in [2.75, 3.05) is 5.32 Å². The number of hydrogen-bond acceptors (Lipinski definition) is 6. The van der Waals surface area contributed by atoms with Gasteiger partial charge in [0.15, 0.2) is 0 Å². The summed E-state index contributed by atoms with van der Waals surface area (Å²) >= 11 is 11.3. The van der Waals surface area contributed by atoms with Crippen LogP contribution in [0.25, 0.3) is 10.4 Å². The minimum atomic E-state index is -0.471. The quantitative estimate of drug-likeness (QED) is 0.116. The Balaban J connectivity index is 0.00000158. The molecule has 0 aliphatic carbocycles. The van der Waals surface area contributed by atoms with Crippen LogP contribution in [0, 0.1) is 16.6 Å². The second kappa shape index (κ2) is 12.2. The minimum Gasteiger partial charge on any atom is -0.426 e. The Morgan fingerprint density at radius 2 is 1.79 bits per heavy atom. The number of rotatable bonds is 6. The molecule has 0 aliphatic heterocycles. The van der Waals surface area contributed by atoms with Crippen LogP contribution in [0.4, 0.5) is 15.8 Å². The third kappa shape index (κ3) is 6.73. The number of benzene rings is 3. The molecule has 3 nitrogen and oxygen atoms in total. The molecule has 4 aromatic rings. The molecule has 0 bridgehead atoms.